The predicted molar refractivity (Wildman–Crippen MR) is 54.4 cm³/mol. The van der Waals surface area contributed by atoms with Crippen molar-refractivity contribution in [2.45, 2.75) is 6.54 Å². The van der Waals surface area contributed by atoms with Crippen molar-refractivity contribution in [3.63, 3.8) is 0 Å². The Morgan fingerprint density at radius 2 is 2.29 bits per heavy atom. The Labute approximate surface area is 84.3 Å². The van der Waals surface area contributed by atoms with Gasteiger partial charge in [0, 0.05) is 32.5 Å². The molecule has 14 heavy (non-hydrogen) atoms. The molecule has 4 heteroatoms. The van der Waals surface area contributed by atoms with Gasteiger partial charge in [0.15, 0.2) is 0 Å². The lowest BCUT2D eigenvalue weighted by atomic mass is 10.2. The quantitative estimate of drug-likeness (QED) is 0.684. The lowest BCUT2D eigenvalue weighted by molar-refractivity contribution is 0.199. The molecule has 0 aliphatic carbocycles. The van der Waals surface area contributed by atoms with Crippen molar-refractivity contribution in [1.29, 1.82) is 0 Å². The monoisotopic (exact) mass is 196 g/mol. The lowest BCUT2D eigenvalue weighted by Crippen LogP contribution is -2.18. The van der Waals surface area contributed by atoms with Crippen LogP contribution < -0.4 is 10.1 Å². The second-order valence-corrected chi connectivity index (χ2v) is 2.88. The molecular weight excluding hydrogens is 180 g/mol. The van der Waals surface area contributed by atoms with Crippen molar-refractivity contribution in [2.24, 2.45) is 0 Å². The highest BCUT2D eigenvalue weighted by Crippen LogP contribution is 2.07. The Hall–Kier alpha value is -1.13. The van der Waals surface area contributed by atoms with Crippen LogP contribution in [0.15, 0.2) is 18.3 Å². The van der Waals surface area contributed by atoms with Gasteiger partial charge in [-0.25, -0.2) is 4.98 Å². The molecule has 0 aliphatic heterocycles. The molecule has 0 aliphatic rings. The van der Waals surface area contributed by atoms with Gasteiger partial charge in [0.1, 0.15) is 0 Å². The van der Waals surface area contributed by atoms with Gasteiger partial charge in [-0.1, -0.05) is 0 Å². The molecule has 0 saturated carbocycles. The minimum absolute atomic E-state index is 0.649. The summed E-state index contributed by atoms with van der Waals surface area (Å²) in [6, 6.07) is 3.88. The van der Waals surface area contributed by atoms with Crippen molar-refractivity contribution in [3.8, 4) is 5.88 Å². The van der Waals surface area contributed by atoms with E-state index in [0.29, 0.717) is 5.88 Å². The Balaban J connectivity index is 2.34. The summed E-state index contributed by atoms with van der Waals surface area (Å²) in [5, 5.41) is 3.25. The first-order valence-electron chi connectivity index (χ1n) is 4.55. The molecular formula is C10H16N2O2. The first kappa shape index (κ1) is 10.9. The maximum Gasteiger partial charge on any atom is 0.213 e. The number of ether oxygens (including phenoxy) is 2. The zero-order chi connectivity index (χ0) is 10.2. The molecule has 0 spiro atoms. The molecule has 1 aromatic rings. The molecule has 0 bridgehead atoms. The van der Waals surface area contributed by atoms with Crippen LogP contribution in [0.3, 0.4) is 0 Å². The van der Waals surface area contributed by atoms with E-state index in [0.717, 1.165) is 25.3 Å². The number of rotatable bonds is 6. The van der Waals surface area contributed by atoms with E-state index in [4.69, 9.17) is 9.47 Å². The molecule has 0 radical (unpaired) electrons. The summed E-state index contributed by atoms with van der Waals surface area (Å²) in [6.07, 6.45) is 1.74. The minimum atomic E-state index is 0.649. The van der Waals surface area contributed by atoms with Gasteiger partial charge >= 0.3 is 0 Å². The third kappa shape index (κ3) is 3.72. The summed E-state index contributed by atoms with van der Waals surface area (Å²) >= 11 is 0. The molecule has 0 aromatic carbocycles. The van der Waals surface area contributed by atoms with E-state index < -0.39 is 0 Å². The van der Waals surface area contributed by atoms with Gasteiger partial charge in [-0.3, -0.25) is 0 Å². The van der Waals surface area contributed by atoms with Crippen molar-refractivity contribution < 1.29 is 9.47 Å². The first-order chi connectivity index (χ1) is 6.86. The van der Waals surface area contributed by atoms with Gasteiger partial charge in [-0.15, -0.1) is 0 Å². The van der Waals surface area contributed by atoms with E-state index in [2.05, 4.69) is 10.3 Å². The van der Waals surface area contributed by atoms with Crippen molar-refractivity contribution in [3.05, 3.63) is 23.9 Å². The zero-order valence-corrected chi connectivity index (χ0v) is 8.62. The fourth-order valence-corrected chi connectivity index (χ4v) is 1.08. The topological polar surface area (TPSA) is 43.4 Å². The zero-order valence-electron chi connectivity index (χ0n) is 8.62. The van der Waals surface area contributed by atoms with Crippen LogP contribution in [0.5, 0.6) is 5.88 Å². The number of nitrogens with one attached hydrogen (secondary N) is 1. The SMILES string of the molecule is COCCNCc1ccnc(OC)c1. The molecule has 0 unspecified atom stereocenters. The lowest BCUT2D eigenvalue weighted by Gasteiger charge is -2.05. The molecule has 1 heterocycles. The average Bonchev–Trinajstić information content (AvgIpc) is 2.25. The van der Waals surface area contributed by atoms with E-state index in [9.17, 15) is 0 Å². The molecule has 0 atom stereocenters. The summed E-state index contributed by atoms with van der Waals surface area (Å²) in [7, 11) is 3.31. The third-order valence-electron chi connectivity index (χ3n) is 1.82. The van der Waals surface area contributed by atoms with E-state index in [1.807, 2.05) is 12.1 Å². The second-order valence-electron chi connectivity index (χ2n) is 2.88. The maximum atomic E-state index is 5.02. The summed E-state index contributed by atoms with van der Waals surface area (Å²) in [5.41, 5.74) is 1.16. The molecule has 4 nitrogen and oxygen atoms in total. The average molecular weight is 196 g/mol. The van der Waals surface area contributed by atoms with Crippen LogP contribution in [-0.4, -0.2) is 32.4 Å². The van der Waals surface area contributed by atoms with E-state index in [1.165, 1.54) is 0 Å². The van der Waals surface area contributed by atoms with Gasteiger partial charge in [0.2, 0.25) is 5.88 Å². The Kier molecular flexibility index (Phi) is 4.96. The fourth-order valence-electron chi connectivity index (χ4n) is 1.08. The molecule has 0 fully saturated rings. The van der Waals surface area contributed by atoms with E-state index in [1.54, 1.807) is 20.4 Å². The van der Waals surface area contributed by atoms with Crippen molar-refractivity contribution in [1.82, 2.24) is 10.3 Å². The van der Waals surface area contributed by atoms with Gasteiger partial charge < -0.3 is 14.8 Å². The number of pyridine rings is 1. The van der Waals surface area contributed by atoms with Crippen molar-refractivity contribution >= 4 is 0 Å². The molecule has 1 rings (SSSR count). The van der Waals surface area contributed by atoms with Crippen LogP contribution >= 0.6 is 0 Å². The van der Waals surface area contributed by atoms with Crippen LogP contribution in [0, 0.1) is 0 Å². The summed E-state index contributed by atoms with van der Waals surface area (Å²) in [5.74, 6) is 0.649. The predicted octanol–water partition coefficient (Wildman–Crippen LogP) is 0.826. The summed E-state index contributed by atoms with van der Waals surface area (Å²) < 4.78 is 9.94. The molecule has 1 aromatic heterocycles. The third-order valence-corrected chi connectivity index (χ3v) is 1.82. The number of hydrogen-bond acceptors (Lipinski definition) is 4. The summed E-state index contributed by atoms with van der Waals surface area (Å²) in [6.45, 7) is 2.38. The first-order valence-corrected chi connectivity index (χ1v) is 4.55. The Morgan fingerprint density at radius 3 is 3.00 bits per heavy atom. The van der Waals surface area contributed by atoms with Crippen LogP contribution in [0.4, 0.5) is 0 Å². The number of aromatic nitrogens is 1. The smallest absolute Gasteiger partial charge is 0.213 e. The number of hydrogen-bond donors (Lipinski definition) is 1. The van der Waals surface area contributed by atoms with Crippen LogP contribution in [0.2, 0.25) is 0 Å². The highest BCUT2D eigenvalue weighted by Gasteiger charge is 1.95. The largest absolute Gasteiger partial charge is 0.481 e. The Bertz CT molecular complexity index is 266. The molecule has 78 valence electrons. The maximum absolute atomic E-state index is 5.02. The van der Waals surface area contributed by atoms with Gasteiger partial charge in [0.05, 0.1) is 13.7 Å². The Morgan fingerprint density at radius 1 is 1.43 bits per heavy atom. The highest BCUT2D eigenvalue weighted by atomic mass is 16.5. The fraction of sp³-hybridized carbons (Fsp3) is 0.500. The number of nitrogens with zero attached hydrogens (tertiary/aromatic N) is 1. The number of methoxy groups -OCH3 is 2. The second kappa shape index (κ2) is 6.34. The molecule has 0 saturated heterocycles. The van der Waals surface area contributed by atoms with Gasteiger partial charge in [-0.2, -0.15) is 0 Å². The minimum Gasteiger partial charge on any atom is -0.481 e. The van der Waals surface area contributed by atoms with Crippen LogP contribution in [0.25, 0.3) is 0 Å². The van der Waals surface area contributed by atoms with Crippen LogP contribution in [-0.2, 0) is 11.3 Å². The summed E-state index contributed by atoms with van der Waals surface area (Å²) in [4.78, 5) is 4.03. The standard InChI is InChI=1S/C10H16N2O2/c1-13-6-5-11-8-9-3-4-12-10(7-9)14-2/h3-4,7,11H,5-6,8H2,1-2H3. The van der Waals surface area contributed by atoms with Crippen LogP contribution in [0.1, 0.15) is 5.56 Å². The molecule has 1 N–H and O–H groups in total. The highest BCUT2D eigenvalue weighted by molar-refractivity contribution is 5.20. The van der Waals surface area contributed by atoms with E-state index >= 15 is 0 Å². The van der Waals surface area contributed by atoms with E-state index in [-0.39, 0.29) is 0 Å². The van der Waals surface area contributed by atoms with Gasteiger partial charge in [-0.05, 0) is 11.6 Å². The van der Waals surface area contributed by atoms with Gasteiger partial charge in [0.25, 0.3) is 0 Å². The van der Waals surface area contributed by atoms with Crippen molar-refractivity contribution in [2.75, 3.05) is 27.4 Å². The molecule has 0 amide bonds. The normalized spacial score (nSPS) is 10.1.